The Morgan fingerprint density at radius 2 is 2.00 bits per heavy atom. The number of likely N-dealkylation sites (tertiary alicyclic amines) is 1. The van der Waals surface area contributed by atoms with Gasteiger partial charge < -0.3 is 5.32 Å². The minimum atomic E-state index is -0.0734. The van der Waals surface area contributed by atoms with Gasteiger partial charge in [-0.2, -0.15) is 0 Å². The minimum absolute atomic E-state index is 0.0734. The summed E-state index contributed by atoms with van der Waals surface area (Å²) in [6, 6.07) is 14.3. The number of benzene rings is 1. The van der Waals surface area contributed by atoms with Gasteiger partial charge in [0.05, 0.1) is 0 Å². The van der Waals surface area contributed by atoms with Crippen molar-refractivity contribution in [2.24, 2.45) is 5.92 Å². The van der Waals surface area contributed by atoms with Crippen molar-refractivity contribution < 1.29 is 4.79 Å². The summed E-state index contributed by atoms with van der Waals surface area (Å²) < 4.78 is 0. The van der Waals surface area contributed by atoms with Gasteiger partial charge in [-0.15, -0.1) is 0 Å². The normalized spacial score (nSPS) is 17.8. The maximum absolute atomic E-state index is 12.2. The van der Waals surface area contributed by atoms with Crippen LogP contribution < -0.4 is 5.32 Å². The molecule has 1 N–H and O–H groups in total. The van der Waals surface area contributed by atoms with E-state index in [0.717, 1.165) is 38.3 Å². The molecular weight excluding hydrogens is 298 g/mol. The van der Waals surface area contributed by atoms with Crippen LogP contribution in [0.1, 0.15) is 33.7 Å². The van der Waals surface area contributed by atoms with E-state index in [1.54, 1.807) is 6.07 Å². The van der Waals surface area contributed by atoms with E-state index < -0.39 is 0 Å². The highest BCUT2D eigenvalue weighted by molar-refractivity contribution is 5.92. The molecule has 4 heteroatoms. The van der Waals surface area contributed by atoms with Gasteiger partial charge >= 0.3 is 0 Å². The molecule has 1 aromatic carbocycles. The van der Waals surface area contributed by atoms with Gasteiger partial charge in [-0.25, -0.2) is 4.98 Å². The molecule has 1 amide bonds. The summed E-state index contributed by atoms with van der Waals surface area (Å²) in [7, 11) is 0. The lowest BCUT2D eigenvalue weighted by Crippen LogP contribution is -2.31. The van der Waals surface area contributed by atoms with E-state index in [2.05, 4.69) is 46.4 Å². The molecular formula is C20H25N3O. The fourth-order valence-electron chi connectivity index (χ4n) is 3.17. The SMILES string of the molecule is Cc1ccc(CN2CC[C@@H](CNC(=O)c3cccc(C)n3)C2)cc1. The number of rotatable bonds is 5. The molecule has 0 bridgehead atoms. The lowest BCUT2D eigenvalue weighted by Gasteiger charge is -2.16. The zero-order chi connectivity index (χ0) is 16.9. The molecule has 0 aliphatic carbocycles. The predicted molar refractivity (Wildman–Crippen MR) is 95.9 cm³/mol. The average Bonchev–Trinajstić information content (AvgIpc) is 3.02. The van der Waals surface area contributed by atoms with E-state index in [4.69, 9.17) is 0 Å². The van der Waals surface area contributed by atoms with E-state index in [1.807, 2.05) is 19.1 Å². The van der Waals surface area contributed by atoms with Crippen molar-refractivity contribution in [3.8, 4) is 0 Å². The second-order valence-corrected chi connectivity index (χ2v) is 6.75. The van der Waals surface area contributed by atoms with Gasteiger partial charge in [-0.3, -0.25) is 9.69 Å². The first kappa shape index (κ1) is 16.7. The Balaban J connectivity index is 1.46. The number of hydrogen-bond acceptors (Lipinski definition) is 3. The van der Waals surface area contributed by atoms with Crippen LogP contribution >= 0.6 is 0 Å². The highest BCUT2D eigenvalue weighted by Gasteiger charge is 2.23. The van der Waals surface area contributed by atoms with Crippen molar-refractivity contribution >= 4 is 5.91 Å². The van der Waals surface area contributed by atoms with Crippen LogP contribution in [0.5, 0.6) is 0 Å². The zero-order valence-electron chi connectivity index (χ0n) is 14.5. The summed E-state index contributed by atoms with van der Waals surface area (Å²) >= 11 is 0. The van der Waals surface area contributed by atoms with Crippen molar-refractivity contribution in [2.75, 3.05) is 19.6 Å². The summed E-state index contributed by atoms with van der Waals surface area (Å²) in [5, 5.41) is 3.03. The lowest BCUT2D eigenvalue weighted by atomic mass is 10.1. The Hall–Kier alpha value is -2.20. The number of carbonyl (C=O) groups is 1. The summed E-state index contributed by atoms with van der Waals surface area (Å²) in [5.41, 5.74) is 4.03. The van der Waals surface area contributed by atoms with Crippen molar-refractivity contribution in [2.45, 2.75) is 26.8 Å². The van der Waals surface area contributed by atoms with Crippen LogP contribution in [0.2, 0.25) is 0 Å². The number of nitrogens with zero attached hydrogens (tertiary/aromatic N) is 2. The van der Waals surface area contributed by atoms with Crippen LogP contribution in [0.25, 0.3) is 0 Å². The van der Waals surface area contributed by atoms with Crippen LogP contribution in [-0.2, 0) is 6.54 Å². The Morgan fingerprint density at radius 1 is 1.21 bits per heavy atom. The van der Waals surface area contributed by atoms with Gasteiger partial charge in [0, 0.05) is 25.3 Å². The van der Waals surface area contributed by atoms with Crippen LogP contribution in [0.4, 0.5) is 0 Å². The Bertz CT molecular complexity index is 696. The first-order chi connectivity index (χ1) is 11.6. The summed E-state index contributed by atoms with van der Waals surface area (Å²) in [5.74, 6) is 0.444. The third-order valence-electron chi connectivity index (χ3n) is 4.57. The predicted octanol–water partition coefficient (Wildman–Crippen LogP) is 2.95. The highest BCUT2D eigenvalue weighted by atomic mass is 16.1. The van der Waals surface area contributed by atoms with Gasteiger partial charge in [-0.05, 0) is 50.4 Å². The summed E-state index contributed by atoms with van der Waals surface area (Å²) in [6.07, 6.45) is 1.13. The quantitative estimate of drug-likeness (QED) is 0.920. The van der Waals surface area contributed by atoms with Gasteiger partial charge in [-0.1, -0.05) is 35.9 Å². The molecule has 1 saturated heterocycles. The number of hydrogen-bond donors (Lipinski definition) is 1. The van der Waals surface area contributed by atoms with Crippen LogP contribution in [-0.4, -0.2) is 35.4 Å². The molecule has 0 radical (unpaired) electrons. The molecule has 1 aromatic heterocycles. The molecule has 2 aromatic rings. The Labute approximate surface area is 143 Å². The van der Waals surface area contributed by atoms with E-state index in [0.29, 0.717) is 11.6 Å². The molecule has 3 rings (SSSR count). The van der Waals surface area contributed by atoms with Gasteiger partial charge in [0.25, 0.3) is 5.91 Å². The molecule has 24 heavy (non-hydrogen) atoms. The van der Waals surface area contributed by atoms with Crippen LogP contribution in [0, 0.1) is 19.8 Å². The largest absolute Gasteiger partial charge is 0.350 e. The van der Waals surface area contributed by atoms with E-state index in [1.165, 1.54) is 11.1 Å². The fourth-order valence-corrected chi connectivity index (χ4v) is 3.17. The Kier molecular flexibility index (Phi) is 5.26. The maximum Gasteiger partial charge on any atom is 0.269 e. The highest BCUT2D eigenvalue weighted by Crippen LogP contribution is 2.18. The smallest absolute Gasteiger partial charge is 0.269 e. The lowest BCUT2D eigenvalue weighted by molar-refractivity contribution is 0.0942. The van der Waals surface area contributed by atoms with Crippen molar-refractivity contribution in [3.05, 3.63) is 65.0 Å². The molecule has 1 atom stereocenters. The molecule has 0 unspecified atom stereocenters. The van der Waals surface area contributed by atoms with Crippen molar-refractivity contribution in [3.63, 3.8) is 0 Å². The molecule has 0 spiro atoms. The monoisotopic (exact) mass is 323 g/mol. The molecule has 1 fully saturated rings. The molecule has 1 aliphatic rings. The number of nitrogens with one attached hydrogen (secondary N) is 1. The molecule has 2 heterocycles. The van der Waals surface area contributed by atoms with Gasteiger partial charge in [0.2, 0.25) is 0 Å². The second-order valence-electron chi connectivity index (χ2n) is 6.75. The average molecular weight is 323 g/mol. The Morgan fingerprint density at radius 3 is 2.75 bits per heavy atom. The topological polar surface area (TPSA) is 45.2 Å². The number of pyridine rings is 1. The third-order valence-corrected chi connectivity index (χ3v) is 4.57. The number of aromatic nitrogens is 1. The van der Waals surface area contributed by atoms with Crippen molar-refractivity contribution in [1.82, 2.24) is 15.2 Å². The van der Waals surface area contributed by atoms with Gasteiger partial charge in [0.1, 0.15) is 5.69 Å². The molecule has 4 nitrogen and oxygen atoms in total. The summed E-state index contributed by atoms with van der Waals surface area (Å²) in [6.45, 7) is 7.85. The van der Waals surface area contributed by atoms with E-state index in [-0.39, 0.29) is 5.91 Å². The molecule has 126 valence electrons. The first-order valence-electron chi connectivity index (χ1n) is 8.60. The van der Waals surface area contributed by atoms with E-state index >= 15 is 0 Å². The molecule has 1 aliphatic heterocycles. The maximum atomic E-state index is 12.2. The zero-order valence-corrected chi connectivity index (χ0v) is 14.5. The van der Waals surface area contributed by atoms with E-state index in [9.17, 15) is 4.79 Å². The van der Waals surface area contributed by atoms with Gasteiger partial charge in [0.15, 0.2) is 0 Å². The fraction of sp³-hybridized carbons (Fsp3) is 0.400. The third kappa shape index (κ3) is 4.42. The first-order valence-corrected chi connectivity index (χ1v) is 8.60. The second kappa shape index (κ2) is 7.58. The number of aryl methyl sites for hydroxylation is 2. The van der Waals surface area contributed by atoms with Crippen molar-refractivity contribution in [1.29, 1.82) is 0 Å². The standard InChI is InChI=1S/C20H25N3O/c1-15-6-8-17(9-7-15)13-23-11-10-18(14-23)12-21-20(24)19-5-3-4-16(2)22-19/h3-9,18H,10-14H2,1-2H3,(H,21,24)/t18-/m0/s1. The number of carbonyl (C=O) groups excluding carboxylic acids is 1. The van der Waals surface area contributed by atoms with Crippen LogP contribution in [0.3, 0.4) is 0 Å². The number of amides is 1. The molecule has 0 saturated carbocycles. The summed E-state index contributed by atoms with van der Waals surface area (Å²) in [4.78, 5) is 18.9. The van der Waals surface area contributed by atoms with Crippen LogP contribution in [0.15, 0.2) is 42.5 Å². The minimum Gasteiger partial charge on any atom is -0.350 e.